The average Bonchev–Trinajstić information content (AvgIpc) is 3.38. The molecule has 168 valence electrons. The van der Waals surface area contributed by atoms with Gasteiger partial charge in [-0.2, -0.15) is 0 Å². The van der Waals surface area contributed by atoms with Crippen molar-refractivity contribution in [2.24, 2.45) is 0 Å². The van der Waals surface area contributed by atoms with Crippen molar-refractivity contribution in [3.63, 3.8) is 0 Å². The van der Waals surface area contributed by atoms with Crippen molar-refractivity contribution in [3.8, 4) is 5.75 Å². The van der Waals surface area contributed by atoms with E-state index in [1.165, 1.54) is 11.1 Å². The van der Waals surface area contributed by atoms with Crippen molar-refractivity contribution in [3.05, 3.63) is 89.7 Å². The van der Waals surface area contributed by atoms with E-state index < -0.39 is 0 Å². The molecular formula is C28H29N3O2. The number of amides is 1. The van der Waals surface area contributed by atoms with Gasteiger partial charge in [0.15, 0.2) is 0 Å². The number of aryl methyl sites for hydroxylation is 3. The van der Waals surface area contributed by atoms with Crippen molar-refractivity contribution in [1.29, 1.82) is 0 Å². The summed E-state index contributed by atoms with van der Waals surface area (Å²) < 4.78 is 8.25. The molecule has 0 aliphatic carbocycles. The summed E-state index contributed by atoms with van der Waals surface area (Å²) in [6, 6.07) is 24.5. The molecule has 5 nitrogen and oxygen atoms in total. The normalized spacial score (nSPS) is 16.0. The number of benzene rings is 3. The fraction of sp³-hybridized carbons (Fsp3) is 0.286. The highest BCUT2D eigenvalue weighted by molar-refractivity contribution is 5.96. The van der Waals surface area contributed by atoms with Gasteiger partial charge in [0.2, 0.25) is 5.91 Å². The zero-order valence-electron chi connectivity index (χ0n) is 19.2. The molecule has 0 radical (unpaired) electrons. The summed E-state index contributed by atoms with van der Waals surface area (Å²) in [5.41, 5.74) is 5.44. The number of nitrogens with zero attached hydrogens (tertiary/aromatic N) is 3. The number of anilines is 1. The van der Waals surface area contributed by atoms with Gasteiger partial charge in [0.25, 0.3) is 0 Å². The predicted octanol–water partition coefficient (Wildman–Crippen LogP) is 5.64. The smallest absolute Gasteiger partial charge is 0.227 e. The lowest BCUT2D eigenvalue weighted by Gasteiger charge is -2.18. The van der Waals surface area contributed by atoms with Crippen molar-refractivity contribution < 1.29 is 9.53 Å². The molecule has 33 heavy (non-hydrogen) atoms. The Morgan fingerprint density at radius 1 is 0.970 bits per heavy atom. The summed E-state index contributed by atoms with van der Waals surface area (Å²) in [5.74, 6) is 2.13. The number of fused-ring (bicyclic) bond motifs is 1. The summed E-state index contributed by atoms with van der Waals surface area (Å²) in [7, 11) is 0. The van der Waals surface area contributed by atoms with Crippen LogP contribution in [0.4, 0.5) is 5.69 Å². The molecule has 0 saturated carbocycles. The first-order valence-corrected chi connectivity index (χ1v) is 11.6. The third-order valence-electron chi connectivity index (χ3n) is 6.30. The zero-order chi connectivity index (χ0) is 22.8. The van der Waals surface area contributed by atoms with Crippen LogP contribution in [0.5, 0.6) is 5.75 Å². The van der Waals surface area contributed by atoms with Gasteiger partial charge in [-0.15, -0.1) is 0 Å². The average molecular weight is 440 g/mol. The second-order valence-corrected chi connectivity index (χ2v) is 8.87. The van der Waals surface area contributed by atoms with E-state index in [1.807, 2.05) is 47.4 Å². The minimum absolute atomic E-state index is 0.0731. The van der Waals surface area contributed by atoms with E-state index in [2.05, 4.69) is 48.7 Å². The van der Waals surface area contributed by atoms with Gasteiger partial charge in [-0.3, -0.25) is 4.79 Å². The predicted molar refractivity (Wildman–Crippen MR) is 132 cm³/mol. The van der Waals surface area contributed by atoms with Gasteiger partial charge in [0, 0.05) is 31.1 Å². The number of hydrogen-bond donors (Lipinski definition) is 0. The van der Waals surface area contributed by atoms with Gasteiger partial charge in [0.1, 0.15) is 11.6 Å². The van der Waals surface area contributed by atoms with Crippen molar-refractivity contribution in [2.75, 3.05) is 18.1 Å². The first-order valence-electron chi connectivity index (χ1n) is 11.6. The van der Waals surface area contributed by atoms with E-state index in [1.54, 1.807) is 0 Å². The van der Waals surface area contributed by atoms with Crippen molar-refractivity contribution >= 4 is 22.6 Å². The van der Waals surface area contributed by atoms with Crippen LogP contribution >= 0.6 is 0 Å². The summed E-state index contributed by atoms with van der Waals surface area (Å²) in [4.78, 5) is 19.7. The van der Waals surface area contributed by atoms with Crippen LogP contribution in [0, 0.1) is 13.8 Å². The Balaban J connectivity index is 1.34. The number of imidazole rings is 1. The lowest BCUT2D eigenvalue weighted by atomic mass is 10.1. The Morgan fingerprint density at radius 2 is 1.79 bits per heavy atom. The fourth-order valence-corrected chi connectivity index (χ4v) is 4.61. The van der Waals surface area contributed by atoms with E-state index >= 15 is 0 Å². The lowest BCUT2D eigenvalue weighted by molar-refractivity contribution is -0.117. The van der Waals surface area contributed by atoms with E-state index in [9.17, 15) is 4.79 Å². The van der Waals surface area contributed by atoms with Gasteiger partial charge in [-0.05, 0) is 62.2 Å². The Morgan fingerprint density at radius 3 is 2.61 bits per heavy atom. The third-order valence-corrected chi connectivity index (χ3v) is 6.30. The van der Waals surface area contributed by atoms with Crippen LogP contribution in [0.2, 0.25) is 0 Å². The van der Waals surface area contributed by atoms with Crippen molar-refractivity contribution in [1.82, 2.24) is 9.55 Å². The Hall–Kier alpha value is -3.60. The number of carbonyl (C=O) groups is 1. The minimum atomic E-state index is 0.0731. The zero-order valence-corrected chi connectivity index (χ0v) is 19.2. The second kappa shape index (κ2) is 9.10. The van der Waals surface area contributed by atoms with Crippen LogP contribution in [0.25, 0.3) is 11.0 Å². The Kier molecular flexibility index (Phi) is 5.86. The number of aromatic nitrogens is 2. The number of ether oxygens (including phenoxy) is 1. The molecule has 1 atom stereocenters. The number of carbonyl (C=O) groups excluding carboxylic acids is 1. The van der Waals surface area contributed by atoms with E-state index in [4.69, 9.17) is 9.72 Å². The van der Waals surface area contributed by atoms with E-state index in [-0.39, 0.29) is 11.8 Å². The highest BCUT2D eigenvalue weighted by Crippen LogP contribution is 2.33. The summed E-state index contributed by atoms with van der Waals surface area (Å²) in [6.07, 6.45) is 1.35. The largest absolute Gasteiger partial charge is 0.494 e. The third kappa shape index (κ3) is 4.49. The maximum Gasteiger partial charge on any atom is 0.227 e. The van der Waals surface area contributed by atoms with Crippen LogP contribution in [-0.4, -0.2) is 28.6 Å². The summed E-state index contributed by atoms with van der Waals surface area (Å²) >= 11 is 0. The standard InChI is InChI=1S/C28H29N3O2/c1-20-11-13-23(14-12-20)31-19-22(18-27(31)32)28-29-25-9-3-4-10-26(25)30(28)15-6-16-33-24-8-5-7-21(2)17-24/h3-5,7-14,17,22H,6,15-16,18-19H2,1-2H3/t22-/m1/s1. The molecule has 1 aromatic heterocycles. The molecule has 1 aliphatic heterocycles. The maximum absolute atomic E-state index is 12.9. The Labute approximate surface area is 194 Å². The molecular weight excluding hydrogens is 410 g/mol. The molecule has 4 aromatic rings. The topological polar surface area (TPSA) is 47.4 Å². The Bertz CT molecular complexity index is 1280. The number of para-hydroxylation sites is 2. The van der Waals surface area contributed by atoms with Gasteiger partial charge in [-0.25, -0.2) is 4.98 Å². The number of rotatable bonds is 7. The minimum Gasteiger partial charge on any atom is -0.494 e. The van der Waals surface area contributed by atoms with E-state index in [0.717, 1.165) is 41.3 Å². The SMILES string of the molecule is Cc1ccc(N2C[C@H](c3nc4ccccc4n3CCCOc3cccc(C)c3)CC2=O)cc1. The van der Waals surface area contributed by atoms with Gasteiger partial charge < -0.3 is 14.2 Å². The molecule has 1 saturated heterocycles. The summed E-state index contributed by atoms with van der Waals surface area (Å²) in [6.45, 7) is 6.22. The molecule has 1 fully saturated rings. The molecule has 1 aliphatic rings. The van der Waals surface area contributed by atoms with Crippen LogP contribution in [0.1, 0.15) is 35.7 Å². The molecule has 0 unspecified atom stereocenters. The van der Waals surface area contributed by atoms with Crippen LogP contribution in [-0.2, 0) is 11.3 Å². The molecule has 0 bridgehead atoms. The maximum atomic E-state index is 12.9. The highest BCUT2D eigenvalue weighted by Gasteiger charge is 2.34. The monoisotopic (exact) mass is 439 g/mol. The lowest BCUT2D eigenvalue weighted by Crippen LogP contribution is -2.24. The van der Waals surface area contributed by atoms with Crippen LogP contribution in [0.3, 0.4) is 0 Å². The molecule has 5 rings (SSSR count). The summed E-state index contributed by atoms with van der Waals surface area (Å²) in [5, 5.41) is 0. The fourth-order valence-electron chi connectivity index (χ4n) is 4.61. The molecule has 0 spiro atoms. The highest BCUT2D eigenvalue weighted by atomic mass is 16.5. The van der Waals surface area contributed by atoms with Crippen LogP contribution in [0.15, 0.2) is 72.8 Å². The van der Waals surface area contributed by atoms with Crippen LogP contribution < -0.4 is 9.64 Å². The second-order valence-electron chi connectivity index (χ2n) is 8.87. The molecule has 0 N–H and O–H groups in total. The van der Waals surface area contributed by atoms with Gasteiger partial charge >= 0.3 is 0 Å². The molecule has 1 amide bonds. The number of hydrogen-bond acceptors (Lipinski definition) is 3. The molecule has 5 heteroatoms. The van der Waals surface area contributed by atoms with E-state index in [0.29, 0.717) is 19.6 Å². The molecule has 2 heterocycles. The van der Waals surface area contributed by atoms with Gasteiger partial charge in [-0.1, -0.05) is 42.0 Å². The van der Waals surface area contributed by atoms with Gasteiger partial charge in [0.05, 0.1) is 17.6 Å². The quantitative estimate of drug-likeness (QED) is 0.350. The first kappa shape index (κ1) is 21.3. The van der Waals surface area contributed by atoms with Crippen molar-refractivity contribution in [2.45, 2.75) is 39.2 Å². The molecule has 3 aromatic carbocycles. The first-order chi connectivity index (χ1) is 16.1.